The smallest absolute Gasteiger partial charge is 0.347 e. The first kappa shape index (κ1) is 19.7. The van der Waals surface area contributed by atoms with Crippen molar-refractivity contribution in [3.8, 4) is 5.75 Å². The van der Waals surface area contributed by atoms with Crippen molar-refractivity contribution in [3.63, 3.8) is 0 Å². The molecule has 0 aliphatic carbocycles. The van der Waals surface area contributed by atoms with Crippen molar-refractivity contribution >= 4 is 11.7 Å². The number of aromatic amines is 1. The lowest BCUT2D eigenvalue weighted by atomic mass is 9.87. The lowest BCUT2D eigenvalue weighted by Gasteiger charge is -2.37. The van der Waals surface area contributed by atoms with Crippen LogP contribution in [-0.4, -0.2) is 56.0 Å². The Bertz CT molecular complexity index is 1130. The van der Waals surface area contributed by atoms with E-state index in [1.54, 1.807) is 12.1 Å². The van der Waals surface area contributed by atoms with Crippen LogP contribution in [0.15, 0.2) is 33.9 Å². The van der Waals surface area contributed by atoms with Crippen molar-refractivity contribution in [1.82, 2.24) is 9.66 Å². The third kappa shape index (κ3) is 3.01. The average molecular weight is 428 g/mol. The number of ether oxygens (including phenoxy) is 3. The van der Waals surface area contributed by atoms with Gasteiger partial charge in [-0.2, -0.15) is 4.68 Å². The normalized spacial score (nSPS) is 24.3. The number of piperazine rings is 1. The van der Waals surface area contributed by atoms with Crippen LogP contribution in [0, 0.1) is 5.92 Å². The van der Waals surface area contributed by atoms with E-state index in [0.717, 1.165) is 11.4 Å². The third-order valence-electron chi connectivity index (χ3n) is 6.37. The fraction of sp³-hybridized carbons (Fsp3) is 0.476. The van der Waals surface area contributed by atoms with Gasteiger partial charge in [0, 0.05) is 13.1 Å². The summed E-state index contributed by atoms with van der Waals surface area (Å²) in [5, 5.41) is 1.76. The van der Waals surface area contributed by atoms with Gasteiger partial charge in [0.25, 0.3) is 5.56 Å². The van der Waals surface area contributed by atoms with Gasteiger partial charge in [0.05, 0.1) is 56.3 Å². The second-order valence-electron chi connectivity index (χ2n) is 7.90. The average Bonchev–Trinajstić information content (AvgIpc) is 3.38. The molecule has 2 saturated heterocycles. The number of methoxy groups -OCH3 is 2. The summed E-state index contributed by atoms with van der Waals surface area (Å²) in [6.45, 7) is 2.27. The molecule has 3 atom stereocenters. The predicted octanol–water partition coefficient (Wildman–Crippen LogP) is 0.309. The molecule has 164 valence electrons. The Kier molecular flexibility index (Phi) is 4.73. The Balaban J connectivity index is 1.40. The molecule has 10 nitrogen and oxygen atoms in total. The van der Waals surface area contributed by atoms with Gasteiger partial charge in [-0.1, -0.05) is 12.1 Å². The van der Waals surface area contributed by atoms with Crippen molar-refractivity contribution in [2.24, 2.45) is 5.92 Å². The maximum Gasteiger partial charge on any atom is 0.347 e. The highest BCUT2D eigenvalue weighted by molar-refractivity contribution is 5.74. The molecular weight excluding hydrogens is 404 g/mol. The van der Waals surface area contributed by atoms with Gasteiger partial charge >= 0.3 is 11.7 Å². The number of rotatable bonds is 4. The number of fused-ring (bicyclic) bond motifs is 5. The van der Waals surface area contributed by atoms with Crippen LogP contribution >= 0.6 is 0 Å². The summed E-state index contributed by atoms with van der Waals surface area (Å²) in [5.41, 5.74) is 0.941. The number of nitrogens with zero attached hydrogens (tertiary/aromatic N) is 3. The monoisotopic (exact) mass is 428 g/mol. The molecule has 0 spiro atoms. The van der Waals surface area contributed by atoms with Gasteiger partial charge in [0.15, 0.2) is 0 Å². The molecule has 3 aliphatic heterocycles. The van der Waals surface area contributed by atoms with Gasteiger partial charge in [-0.3, -0.25) is 9.59 Å². The molecule has 5 rings (SSSR count). The predicted molar refractivity (Wildman–Crippen MR) is 111 cm³/mol. The number of carbonyl (C=O) groups excluding carboxylic acids is 1. The lowest BCUT2D eigenvalue weighted by Crippen LogP contribution is -2.59. The number of H-pyrrole nitrogens is 1. The van der Waals surface area contributed by atoms with E-state index in [2.05, 4.69) is 9.88 Å². The van der Waals surface area contributed by atoms with E-state index in [4.69, 9.17) is 14.2 Å². The van der Waals surface area contributed by atoms with Gasteiger partial charge in [0.2, 0.25) is 0 Å². The Morgan fingerprint density at radius 1 is 1.13 bits per heavy atom. The summed E-state index contributed by atoms with van der Waals surface area (Å²) < 4.78 is 17.3. The fourth-order valence-electron chi connectivity index (χ4n) is 4.89. The van der Waals surface area contributed by atoms with Crippen molar-refractivity contribution < 1.29 is 19.0 Å². The fourth-order valence-corrected chi connectivity index (χ4v) is 4.89. The highest BCUT2D eigenvalue weighted by Crippen LogP contribution is 2.51. The minimum absolute atomic E-state index is 0.375. The Morgan fingerprint density at radius 3 is 2.58 bits per heavy atom. The molecule has 1 aromatic heterocycles. The van der Waals surface area contributed by atoms with E-state index in [-0.39, 0.29) is 5.56 Å². The molecule has 2 fully saturated rings. The zero-order valence-corrected chi connectivity index (χ0v) is 17.4. The van der Waals surface area contributed by atoms with E-state index in [9.17, 15) is 14.4 Å². The molecule has 4 heterocycles. The number of carbonyl (C=O) groups is 1. The molecule has 1 aromatic carbocycles. The highest BCUT2D eigenvalue weighted by atomic mass is 16.5. The highest BCUT2D eigenvalue weighted by Gasteiger charge is 2.51. The van der Waals surface area contributed by atoms with Crippen LogP contribution in [0.5, 0.6) is 5.75 Å². The molecule has 1 N–H and O–H groups in total. The molecule has 2 aromatic rings. The van der Waals surface area contributed by atoms with Gasteiger partial charge in [-0.25, -0.2) is 4.79 Å². The molecule has 0 amide bonds. The molecule has 31 heavy (non-hydrogen) atoms. The van der Waals surface area contributed by atoms with Gasteiger partial charge in [-0.15, -0.1) is 0 Å². The second kappa shape index (κ2) is 7.45. The largest absolute Gasteiger partial charge is 0.495 e. The third-order valence-corrected chi connectivity index (χ3v) is 6.37. The first-order chi connectivity index (χ1) is 15.0. The maximum atomic E-state index is 13.2. The van der Waals surface area contributed by atoms with E-state index in [0.29, 0.717) is 43.9 Å². The number of esters is 1. The topological polar surface area (TPSA) is 106 Å². The van der Waals surface area contributed by atoms with Crippen LogP contribution in [0.25, 0.3) is 0 Å². The number of hydrogen-bond donors (Lipinski definition) is 1. The number of anilines is 1. The maximum absolute atomic E-state index is 13.2. The van der Waals surface area contributed by atoms with Crippen LogP contribution in [-0.2, 0) is 14.3 Å². The molecular formula is C21H24N4O6. The molecule has 2 bridgehead atoms. The van der Waals surface area contributed by atoms with Crippen molar-refractivity contribution in [1.29, 1.82) is 0 Å². The van der Waals surface area contributed by atoms with Crippen LogP contribution in [0.2, 0.25) is 0 Å². The summed E-state index contributed by atoms with van der Waals surface area (Å²) in [6, 6.07) is 7.78. The Labute approximate surface area is 177 Å². The van der Waals surface area contributed by atoms with Crippen LogP contribution < -0.4 is 25.9 Å². The van der Waals surface area contributed by atoms with Crippen molar-refractivity contribution in [2.75, 3.05) is 50.3 Å². The molecule has 3 aliphatic rings. The number of para-hydroxylation sites is 2. The molecule has 0 unspecified atom stereocenters. The number of benzene rings is 1. The van der Waals surface area contributed by atoms with E-state index in [1.807, 2.05) is 24.3 Å². The summed E-state index contributed by atoms with van der Waals surface area (Å²) in [4.78, 5) is 43.0. The minimum Gasteiger partial charge on any atom is -0.495 e. The first-order valence-corrected chi connectivity index (χ1v) is 10.3. The zero-order chi connectivity index (χ0) is 21.7. The van der Waals surface area contributed by atoms with Crippen molar-refractivity contribution in [2.45, 2.75) is 18.6 Å². The summed E-state index contributed by atoms with van der Waals surface area (Å²) in [7, 11) is 2.96. The standard InChI is InChI=1S/C21H24N4O6/c1-29-14-6-4-3-5-13(14)23-7-9-24(10-8-23)25-19(26)16-15-11-12(20(27)30-2)18(31-15)17(16)22-21(25)28/h3-6,12,15,18H,7-11H2,1-2H3,(H,22,28)/t12-,15-,18+/m1/s1. The van der Waals surface area contributed by atoms with Crippen molar-refractivity contribution in [3.05, 3.63) is 56.4 Å². The Morgan fingerprint density at radius 2 is 1.87 bits per heavy atom. The molecule has 0 radical (unpaired) electrons. The quantitative estimate of drug-likeness (QED) is 0.694. The second-order valence-corrected chi connectivity index (χ2v) is 7.90. The Hall–Kier alpha value is -3.27. The summed E-state index contributed by atoms with van der Waals surface area (Å²) >= 11 is 0. The van der Waals surface area contributed by atoms with Crippen LogP contribution in [0.3, 0.4) is 0 Å². The summed E-state index contributed by atoms with van der Waals surface area (Å²) in [6.07, 6.45) is -0.757. The van der Waals surface area contributed by atoms with E-state index in [1.165, 1.54) is 11.8 Å². The van der Waals surface area contributed by atoms with E-state index < -0.39 is 29.8 Å². The lowest BCUT2D eigenvalue weighted by molar-refractivity contribution is -0.147. The van der Waals surface area contributed by atoms with E-state index >= 15 is 0 Å². The zero-order valence-electron chi connectivity index (χ0n) is 17.4. The number of nitrogens with one attached hydrogen (secondary N) is 1. The molecule has 10 heteroatoms. The van der Waals surface area contributed by atoms with Gasteiger partial charge in [0.1, 0.15) is 11.9 Å². The van der Waals surface area contributed by atoms with Crippen LogP contribution in [0.4, 0.5) is 5.69 Å². The SMILES string of the molecule is COC(=O)[C@@H]1C[C@H]2O[C@@H]1c1[nH]c(=O)n(N3CCN(c4ccccc4OC)CC3)c(=O)c12. The van der Waals surface area contributed by atoms with Crippen LogP contribution in [0.1, 0.15) is 29.9 Å². The minimum atomic E-state index is -0.634. The van der Waals surface area contributed by atoms with Gasteiger partial charge in [-0.05, 0) is 18.6 Å². The first-order valence-electron chi connectivity index (χ1n) is 10.3. The summed E-state index contributed by atoms with van der Waals surface area (Å²) in [5.74, 6) is -0.106. The number of aromatic nitrogens is 2. The molecule has 0 saturated carbocycles. The van der Waals surface area contributed by atoms with Gasteiger partial charge < -0.3 is 29.1 Å². The number of hydrogen-bond acceptors (Lipinski definition) is 8.